The van der Waals surface area contributed by atoms with E-state index in [0.29, 0.717) is 24.7 Å². The van der Waals surface area contributed by atoms with Crippen LogP contribution >= 0.6 is 0 Å². The number of aromatic nitrogens is 2. The van der Waals surface area contributed by atoms with E-state index in [1.807, 2.05) is 24.3 Å². The van der Waals surface area contributed by atoms with Crippen molar-refractivity contribution in [2.24, 2.45) is 0 Å². The van der Waals surface area contributed by atoms with Gasteiger partial charge in [-0.1, -0.05) is 37.3 Å². The monoisotopic (exact) mass is 452 g/mol. The van der Waals surface area contributed by atoms with Crippen molar-refractivity contribution >= 4 is 11.5 Å². The van der Waals surface area contributed by atoms with Gasteiger partial charge in [-0.2, -0.15) is 0 Å². The van der Waals surface area contributed by atoms with E-state index in [1.54, 1.807) is 0 Å². The number of methoxy groups -OCH3 is 1. The van der Waals surface area contributed by atoms with E-state index < -0.39 is 11.6 Å². The summed E-state index contributed by atoms with van der Waals surface area (Å²) in [4.78, 5) is 2.31. The molecule has 2 atom stereocenters. The molecule has 2 aromatic carbocycles. The first-order valence-electron chi connectivity index (χ1n) is 11.1. The maximum Gasteiger partial charge on any atom is 0.172 e. The van der Waals surface area contributed by atoms with Crippen LogP contribution in [0.1, 0.15) is 25.3 Å². The lowest BCUT2D eigenvalue weighted by Crippen LogP contribution is -2.52. The Balaban J connectivity index is 1.47. The Labute approximate surface area is 191 Å². The molecule has 1 unspecified atom stereocenters. The van der Waals surface area contributed by atoms with Crippen molar-refractivity contribution < 1.29 is 18.3 Å². The fraction of sp³-hybridized carbons (Fsp3) is 0.360. The normalized spacial score (nSPS) is 21.3. The number of hydrogen-bond acceptors (Lipinski definition) is 6. The Bertz CT molecular complexity index is 1160. The minimum absolute atomic E-state index is 0.0515. The molecule has 6 nitrogen and oxygen atoms in total. The van der Waals surface area contributed by atoms with Gasteiger partial charge in [-0.15, -0.1) is 10.2 Å². The van der Waals surface area contributed by atoms with Gasteiger partial charge < -0.3 is 19.7 Å². The van der Waals surface area contributed by atoms with Gasteiger partial charge in [0.1, 0.15) is 5.82 Å². The summed E-state index contributed by atoms with van der Waals surface area (Å²) in [5.74, 6) is -0.868. The minimum atomic E-state index is -0.774. The predicted octanol–water partition coefficient (Wildman–Crippen LogP) is 4.80. The second kappa shape index (κ2) is 8.59. The molecule has 1 saturated heterocycles. The van der Waals surface area contributed by atoms with Gasteiger partial charge >= 0.3 is 0 Å². The number of hydrogen-bond donors (Lipinski definition) is 1. The summed E-state index contributed by atoms with van der Waals surface area (Å²) in [7, 11) is 1.35. The number of ether oxygens (including phenoxy) is 2. The highest BCUT2D eigenvalue weighted by molar-refractivity contribution is 5.77. The summed E-state index contributed by atoms with van der Waals surface area (Å²) in [6.45, 7) is 4.15. The van der Waals surface area contributed by atoms with E-state index in [9.17, 15) is 8.78 Å². The molecule has 1 N–H and O–H groups in total. The van der Waals surface area contributed by atoms with Gasteiger partial charge in [0, 0.05) is 25.6 Å². The molecule has 1 aromatic heterocycles. The molecule has 0 aliphatic carbocycles. The average molecular weight is 453 g/mol. The Hall–Kier alpha value is -3.26. The van der Waals surface area contributed by atoms with Crippen LogP contribution in [-0.2, 0) is 11.3 Å². The van der Waals surface area contributed by atoms with E-state index in [1.165, 1.54) is 13.2 Å². The van der Waals surface area contributed by atoms with Crippen LogP contribution in [0.4, 0.5) is 20.3 Å². The predicted molar refractivity (Wildman–Crippen MR) is 122 cm³/mol. The number of anilines is 2. The van der Waals surface area contributed by atoms with Gasteiger partial charge in [0.25, 0.3) is 0 Å². The Morgan fingerprint density at radius 3 is 2.73 bits per heavy atom. The molecule has 1 fully saturated rings. The maximum atomic E-state index is 14.3. The first-order valence-corrected chi connectivity index (χ1v) is 11.1. The fourth-order valence-corrected chi connectivity index (χ4v) is 4.93. The molecule has 0 saturated carbocycles. The molecule has 8 heteroatoms. The summed E-state index contributed by atoms with van der Waals surface area (Å²) in [5.41, 5.74) is 2.44. The molecular formula is C25H26F2N4O2. The van der Waals surface area contributed by atoms with Crippen LogP contribution in [-0.4, -0.2) is 42.0 Å². The van der Waals surface area contributed by atoms with Crippen molar-refractivity contribution in [2.45, 2.75) is 38.0 Å². The van der Waals surface area contributed by atoms with Crippen molar-refractivity contribution in [3.05, 3.63) is 65.7 Å². The van der Waals surface area contributed by atoms with Crippen molar-refractivity contribution in [3.8, 4) is 17.0 Å². The number of benzene rings is 2. The quantitative estimate of drug-likeness (QED) is 0.580. The standard InChI is InChI=1S/C25H26F2N4O2/c1-3-25-12-18(33-14-16-7-5-4-6-8-16)13-31(25)22-11-21(29-30-24(22)28-15-25)19-9-17(26)10-20(27)23(19)32-2/h4-11,18H,3,12-15H2,1-2H3,(H,28,30)/t18-,25?/m1/s1. The van der Waals surface area contributed by atoms with Crippen LogP contribution in [0.15, 0.2) is 48.5 Å². The molecule has 0 spiro atoms. The molecule has 3 aromatic rings. The zero-order valence-electron chi connectivity index (χ0n) is 18.6. The molecule has 0 amide bonds. The van der Waals surface area contributed by atoms with E-state index in [0.717, 1.165) is 36.7 Å². The summed E-state index contributed by atoms with van der Waals surface area (Å²) in [6, 6.07) is 14.0. The third kappa shape index (κ3) is 3.88. The van der Waals surface area contributed by atoms with Crippen molar-refractivity contribution in [1.82, 2.24) is 10.2 Å². The van der Waals surface area contributed by atoms with E-state index in [2.05, 4.69) is 39.5 Å². The van der Waals surface area contributed by atoms with Crippen LogP contribution in [0, 0.1) is 11.6 Å². The van der Waals surface area contributed by atoms with E-state index in [-0.39, 0.29) is 23.0 Å². The van der Waals surface area contributed by atoms with Gasteiger partial charge in [0.05, 0.1) is 42.3 Å². The lowest BCUT2D eigenvalue weighted by atomic mass is 9.90. The third-order valence-corrected chi connectivity index (χ3v) is 6.69. The van der Waals surface area contributed by atoms with Gasteiger partial charge in [-0.3, -0.25) is 0 Å². The van der Waals surface area contributed by atoms with Crippen molar-refractivity contribution in [1.29, 1.82) is 0 Å². The highest BCUT2D eigenvalue weighted by Crippen LogP contribution is 2.45. The zero-order chi connectivity index (χ0) is 23.0. The number of nitrogens with one attached hydrogen (secondary N) is 1. The molecule has 33 heavy (non-hydrogen) atoms. The average Bonchev–Trinajstić information content (AvgIpc) is 3.22. The van der Waals surface area contributed by atoms with Crippen LogP contribution < -0.4 is 15.0 Å². The summed E-state index contributed by atoms with van der Waals surface area (Å²) < 4.78 is 39.8. The summed E-state index contributed by atoms with van der Waals surface area (Å²) in [6.07, 6.45) is 1.84. The minimum Gasteiger partial charge on any atom is -0.493 e. The molecular weight excluding hydrogens is 426 g/mol. The number of nitrogens with zero attached hydrogens (tertiary/aromatic N) is 3. The van der Waals surface area contributed by atoms with Gasteiger partial charge in [0.2, 0.25) is 0 Å². The second-order valence-corrected chi connectivity index (χ2v) is 8.60. The Kier molecular flexibility index (Phi) is 5.62. The lowest BCUT2D eigenvalue weighted by molar-refractivity contribution is 0.0496. The lowest BCUT2D eigenvalue weighted by Gasteiger charge is -2.43. The zero-order valence-corrected chi connectivity index (χ0v) is 18.6. The highest BCUT2D eigenvalue weighted by Gasteiger charge is 2.48. The van der Waals surface area contributed by atoms with E-state index >= 15 is 0 Å². The molecule has 0 bridgehead atoms. The molecule has 172 valence electrons. The van der Waals surface area contributed by atoms with Crippen LogP contribution in [0.5, 0.6) is 5.75 Å². The van der Waals surface area contributed by atoms with Crippen molar-refractivity contribution in [3.63, 3.8) is 0 Å². The third-order valence-electron chi connectivity index (χ3n) is 6.69. The number of rotatable bonds is 6. The van der Waals surface area contributed by atoms with Gasteiger partial charge in [-0.05, 0) is 24.1 Å². The smallest absolute Gasteiger partial charge is 0.172 e. The molecule has 5 rings (SSSR count). The van der Waals surface area contributed by atoms with Crippen LogP contribution in [0.2, 0.25) is 0 Å². The molecule has 0 radical (unpaired) electrons. The largest absolute Gasteiger partial charge is 0.493 e. The van der Waals surface area contributed by atoms with Crippen molar-refractivity contribution in [2.75, 3.05) is 30.4 Å². The summed E-state index contributed by atoms with van der Waals surface area (Å²) >= 11 is 0. The highest BCUT2D eigenvalue weighted by atomic mass is 19.1. The topological polar surface area (TPSA) is 59.5 Å². The second-order valence-electron chi connectivity index (χ2n) is 8.60. The molecule has 2 aliphatic heterocycles. The first kappa shape index (κ1) is 21.6. The Morgan fingerprint density at radius 2 is 1.97 bits per heavy atom. The van der Waals surface area contributed by atoms with Gasteiger partial charge in [0.15, 0.2) is 17.4 Å². The fourth-order valence-electron chi connectivity index (χ4n) is 4.93. The number of halogens is 2. The van der Waals surface area contributed by atoms with E-state index in [4.69, 9.17) is 9.47 Å². The van der Waals surface area contributed by atoms with Crippen LogP contribution in [0.25, 0.3) is 11.3 Å². The molecule has 3 heterocycles. The van der Waals surface area contributed by atoms with Crippen LogP contribution in [0.3, 0.4) is 0 Å². The van der Waals surface area contributed by atoms with Gasteiger partial charge in [-0.25, -0.2) is 8.78 Å². The summed E-state index contributed by atoms with van der Waals surface area (Å²) in [5, 5.41) is 12.0. The molecule has 2 aliphatic rings. The SMILES string of the molecule is CCC12CNc3nnc(-c4cc(F)cc(F)c4OC)cc3N1C[C@H](OCc1ccccc1)C2. The number of fused-ring (bicyclic) bond motifs is 3. The Morgan fingerprint density at radius 1 is 1.15 bits per heavy atom. The first-order chi connectivity index (χ1) is 16.0. The maximum absolute atomic E-state index is 14.3.